The third-order valence-electron chi connectivity index (χ3n) is 2.17. The number of aliphatic carboxylic acids is 1. The molecule has 1 N–H and O–H groups in total. The van der Waals surface area contributed by atoms with Crippen LogP contribution in [0.1, 0.15) is 29.3 Å². The maximum absolute atomic E-state index is 11.5. The molecule has 17 heavy (non-hydrogen) atoms. The summed E-state index contributed by atoms with van der Waals surface area (Å²) in [6.07, 6.45) is 0.271. The Kier molecular flexibility index (Phi) is 4.97. The fourth-order valence-corrected chi connectivity index (χ4v) is 1.56. The second kappa shape index (κ2) is 6.25. The van der Waals surface area contributed by atoms with Crippen LogP contribution in [-0.2, 0) is 16.0 Å². The van der Waals surface area contributed by atoms with Crippen molar-refractivity contribution >= 4 is 23.5 Å². The minimum Gasteiger partial charge on any atom is -0.481 e. The second-order valence-electron chi connectivity index (χ2n) is 3.42. The molecule has 0 radical (unpaired) electrons. The number of hydrogen-bond acceptors (Lipinski definition) is 3. The molecule has 92 valence electrons. The highest BCUT2D eigenvalue weighted by atomic mass is 35.5. The first-order valence-electron chi connectivity index (χ1n) is 5.22. The maximum atomic E-state index is 11.5. The van der Waals surface area contributed by atoms with Gasteiger partial charge in [-0.3, -0.25) is 4.79 Å². The van der Waals surface area contributed by atoms with Gasteiger partial charge in [-0.25, -0.2) is 4.79 Å². The van der Waals surface area contributed by atoms with Crippen LogP contribution in [0, 0.1) is 0 Å². The lowest BCUT2D eigenvalue weighted by Gasteiger charge is -2.06. The van der Waals surface area contributed by atoms with Crippen LogP contribution in [0.15, 0.2) is 18.2 Å². The Morgan fingerprint density at radius 3 is 2.71 bits per heavy atom. The first kappa shape index (κ1) is 13.5. The standard InChI is InChI=1S/C12H13ClO4/c1-2-17-12(16)9-3-5-10(13)8(7-9)4-6-11(14)15/h3,5,7H,2,4,6H2,1H3,(H,14,15). The van der Waals surface area contributed by atoms with Crippen LogP contribution in [0.3, 0.4) is 0 Å². The summed E-state index contributed by atoms with van der Waals surface area (Å²) in [6, 6.07) is 4.71. The van der Waals surface area contributed by atoms with Gasteiger partial charge in [-0.1, -0.05) is 11.6 Å². The van der Waals surface area contributed by atoms with E-state index in [2.05, 4.69) is 0 Å². The van der Waals surface area contributed by atoms with Gasteiger partial charge in [0, 0.05) is 11.4 Å². The zero-order valence-corrected chi connectivity index (χ0v) is 10.2. The minimum atomic E-state index is -0.900. The molecule has 0 fully saturated rings. The van der Waals surface area contributed by atoms with E-state index in [1.165, 1.54) is 0 Å². The summed E-state index contributed by atoms with van der Waals surface area (Å²) in [5.74, 6) is -1.33. The summed E-state index contributed by atoms with van der Waals surface area (Å²) in [5.41, 5.74) is 1.02. The minimum absolute atomic E-state index is 0.0218. The molecule has 0 atom stereocenters. The Bertz CT molecular complexity index is 429. The number of esters is 1. The third kappa shape index (κ3) is 4.07. The number of carbonyl (C=O) groups is 2. The molecule has 1 aromatic carbocycles. The quantitative estimate of drug-likeness (QED) is 0.823. The summed E-state index contributed by atoms with van der Waals surface area (Å²) in [6.45, 7) is 2.02. The van der Waals surface area contributed by atoms with E-state index in [9.17, 15) is 9.59 Å². The Hall–Kier alpha value is -1.55. The van der Waals surface area contributed by atoms with Crippen LogP contribution >= 0.6 is 11.6 Å². The summed E-state index contributed by atoms with van der Waals surface area (Å²) in [7, 11) is 0. The van der Waals surface area contributed by atoms with E-state index in [0.717, 1.165) is 0 Å². The first-order valence-corrected chi connectivity index (χ1v) is 5.59. The number of aryl methyl sites for hydroxylation is 1. The number of carboxylic acid groups (broad SMARTS) is 1. The number of ether oxygens (including phenoxy) is 1. The smallest absolute Gasteiger partial charge is 0.338 e. The summed E-state index contributed by atoms with van der Waals surface area (Å²) in [4.78, 5) is 21.9. The van der Waals surface area contributed by atoms with Crippen LogP contribution in [0.25, 0.3) is 0 Å². The van der Waals surface area contributed by atoms with Crippen LogP contribution in [0.4, 0.5) is 0 Å². The normalized spacial score (nSPS) is 10.0. The van der Waals surface area contributed by atoms with Crippen molar-refractivity contribution in [3.63, 3.8) is 0 Å². The second-order valence-corrected chi connectivity index (χ2v) is 3.83. The van der Waals surface area contributed by atoms with Gasteiger partial charge >= 0.3 is 11.9 Å². The van der Waals surface area contributed by atoms with Crippen LogP contribution in [0.2, 0.25) is 5.02 Å². The van der Waals surface area contributed by atoms with E-state index in [-0.39, 0.29) is 6.42 Å². The predicted octanol–water partition coefficient (Wildman–Crippen LogP) is 2.53. The van der Waals surface area contributed by atoms with E-state index >= 15 is 0 Å². The molecule has 0 unspecified atom stereocenters. The van der Waals surface area contributed by atoms with Crippen molar-refractivity contribution in [2.24, 2.45) is 0 Å². The molecule has 1 rings (SSSR count). The topological polar surface area (TPSA) is 63.6 Å². The molecule has 0 aliphatic carbocycles. The average molecular weight is 257 g/mol. The molecule has 0 aliphatic rings. The van der Waals surface area contributed by atoms with Crippen molar-refractivity contribution in [2.45, 2.75) is 19.8 Å². The SMILES string of the molecule is CCOC(=O)c1ccc(Cl)c(CCC(=O)O)c1. The van der Waals surface area contributed by atoms with Crippen molar-refractivity contribution in [3.05, 3.63) is 34.3 Å². The number of carboxylic acids is 1. The van der Waals surface area contributed by atoms with E-state index in [0.29, 0.717) is 29.2 Å². The van der Waals surface area contributed by atoms with Crippen molar-refractivity contribution in [3.8, 4) is 0 Å². The zero-order chi connectivity index (χ0) is 12.8. The molecule has 0 aromatic heterocycles. The van der Waals surface area contributed by atoms with Crippen molar-refractivity contribution in [2.75, 3.05) is 6.61 Å². The average Bonchev–Trinajstić information content (AvgIpc) is 2.28. The van der Waals surface area contributed by atoms with E-state index in [1.54, 1.807) is 25.1 Å². The molecule has 0 heterocycles. The summed E-state index contributed by atoms with van der Waals surface area (Å²) >= 11 is 5.92. The van der Waals surface area contributed by atoms with Gasteiger partial charge in [0.25, 0.3) is 0 Å². The van der Waals surface area contributed by atoms with Gasteiger partial charge in [0.2, 0.25) is 0 Å². The maximum Gasteiger partial charge on any atom is 0.338 e. The Labute approximate surface area is 104 Å². The fourth-order valence-electron chi connectivity index (χ4n) is 1.35. The number of carbonyl (C=O) groups excluding carboxylic acids is 1. The van der Waals surface area contributed by atoms with Gasteiger partial charge in [0.15, 0.2) is 0 Å². The van der Waals surface area contributed by atoms with Gasteiger partial charge in [0.05, 0.1) is 12.2 Å². The third-order valence-corrected chi connectivity index (χ3v) is 2.53. The van der Waals surface area contributed by atoms with Gasteiger partial charge in [-0.05, 0) is 37.1 Å². The lowest BCUT2D eigenvalue weighted by atomic mass is 10.1. The molecule has 0 saturated carbocycles. The highest BCUT2D eigenvalue weighted by molar-refractivity contribution is 6.31. The molecule has 0 spiro atoms. The van der Waals surface area contributed by atoms with E-state index < -0.39 is 11.9 Å². The van der Waals surface area contributed by atoms with Crippen LogP contribution in [0.5, 0.6) is 0 Å². The summed E-state index contributed by atoms with van der Waals surface area (Å²) in [5, 5.41) is 9.05. The molecule has 0 bridgehead atoms. The van der Waals surface area contributed by atoms with Gasteiger partial charge < -0.3 is 9.84 Å². The molecule has 0 aliphatic heterocycles. The zero-order valence-electron chi connectivity index (χ0n) is 9.40. The highest BCUT2D eigenvalue weighted by Gasteiger charge is 2.10. The molecule has 1 aromatic rings. The van der Waals surface area contributed by atoms with Gasteiger partial charge in [-0.2, -0.15) is 0 Å². The van der Waals surface area contributed by atoms with E-state index in [1.807, 2.05) is 0 Å². The molecule has 0 amide bonds. The molecule has 4 nitrogen and oxygen atoms in total. The molecule has 5 heteroatoms. The number of rotatable bonds is 5. The van der Waals surface area contributed by atoms with Crippen molar-refractivity contribution < 1.29 is 19.4 Å². The van der Waals surface area contributed by atoms with E-state index in [4.69, 9.17) is 21.4 Å². The largest absolute Gasteiger partial charge is 0.481 e. The summed E-state index contributed by atoms with van der Waals surface area (Å²) < 4.78 is 4.85. The number of halogens is 1. The van der Waals surface area contributed by atoms with Gasteiger partial charge in [-0.15, -0.1) is 0 Å². The number of benzene rings is 1. The fraction of sp³-hybridized carbons (Fsp3) is 0.333. The Morgan fingerprint density at radius 1 is 1.41 bits per heavy atom. The predicted molar refractivity (Wildman–Crippen MR) is 63.4 cm³/mol. The van der Waals surface area contributed by atoms with Crippen LogP contribution < -0.4 is 0 Å². The lowest BCUT2D eigenvalue weighted by molar-refractivity contribution is -0.136. The molecular formula is C12H13ClO4. The van der Waals surface area contributed by atoms with Gasteiger partial charge in [0.1, 0.15) is 0 Å². The van der Waals surface area contributed by atoms with Crippen LogP contribution in [-0.4, -0.2) is 23.7 Å². The monoisotopic (exact) mass is 256 g/mol. The lowest BCUT2D eigenvalue weighted by Crippen LogP contribution is -2.06. The number of hydrogen-bond donors (Lipinski definition) is 1. The van der Waals surface area contributed by atoms with Crippen molar-refractivity contribution in [1.29, 1.82) is 0 Å². The highest BCUT2D eigenvalue weighted by Crippen LogP contribution is 2.19. The molecular weight excluding hydrogens is 244 g/mol. The Balaban J connectivity index is 2.86. The molecule has 0 saturated heterocycles. The first-order chi connectivity index (χ1) is 8.04. The van der Waals surface area contributed by atoms with Crippen molar-refractivity contribution in [1.82, 2.24) is 0 Å². The Morgan fingerprint density at radius 2 is 2.12 bits per heavy atom.